The summed E-state index contributed by atoms with van der Waals surface area (Å²) in [4.78, 5) is 0. The van der Waals surface area contributed by atoms with Crippen molar-refractivity contribution < 1.29 is 0 Å². The fourth-order valence-corrected chi connectivity index (χ4v) is 0.874. The van der Waals surface area contributed by atoms with Gasteiger partial charge in [0.15, 0.2) is 0 Å². The van der Waals surface area contributed by atoms with E-state index in [2.05, 4.69) is 24.1 Å². The highest BCUT2D eigenvalue weighted by molar-refractivity contribution is 4.59. The smallest absolute Gasteiger partial charge is 0.0705 e. The third-order valence-corrected chi connectivity index (χ3v) is 1.48. The second-order valence-electron chi connectivity index (χ2n) is 2.42. The number of hydrogen-bond donors (Lipinski definition) is 0. The van der Waals surface area contributed by atoms with Crippen LogP contribution < -0.4 is 0 Å². The summed E-state index contributed by atoms with van der Waals surface area (Å²) in [7, 11) is 0. The van der Waals surface area contributed by atoms with Gasteiger partial charge in [-0.25, -0.2) is 0 Å². The fraction of sp³-hybridized carbons (Fsp3) is 1.00. The van der Waals surface area contributed by atoms with Crippen molar-refractivity contribution in [1.82, 2.24) is 0 Å². The van der Waals surface area contributed by atoms with Gasteiger partial charge in [0.25, 0.3) is 0 Å². The molecule has 0 radical (unpaired) electrons. The minimum absolute atomic E-state index is 0.477. The van der Waals surface area contributed by atoms with Crippen LogP contribution in [-0.2, 0) is 0 Å². The highest BCUT2D eigenvalue weighted by Crippen LogP contribution is 2.05. The molecule has 0 aromatic rings. The van der Waals surface area contributed by atoms with Crippen LogP contribution in [0.3, 0.4) is 0 Å². The van der Waals surface area contributed by atoms with Crippen molar-refractivity contribution in [3.63, 3.8) is 0 Å². The van der Waals surface area contributed by atoms with E-state index in [9.17, 15) is 0 Å². The van der Waals surface area contributed by atoms with Crippen LogP contribution in [0.5, 0.6) is 0 Å². The Morgan fingerprint density at radius 3 is 2.30 bits per heavy atom. The minimum Gasteiger partial charge on any atom is -0.194 e. The quantitative estimate of drug-likeness (QED) is 0.527. The lowest BCUT2D eigenvalue weighted by atomic mass is 10.1. The molecule has 0 bridgehead atoms. The molecule has 2 nitrogen and oxygen atoms in total. The lowest BCUT2D eigenvalue weighted by Gasteiger charge is -2.04. The second kappa shape index (κ2) is 6.72. The van der Waals surface area contributed by atoms with Crippen LogP contribution in [0.1, 0.15) is 40.0 Å². The van der Waals surface area contributed by atoms with Gasteiger partial charge in [0, 0.05) is 0 Å². The molecule has 0 fully saturated rings. The second-order valence-corrected chi connectivity index (χ2v) is 2.42. The molecule has 0 saturated carbocycles. The summed E-state index contributed by atoms with van der Waals surface area (Å²) in [6, 6.07) is 0.477. The first kappa shape index (κ1) is 9.60. The molecule has 0 amide bonds. The molecule has 2 heteroatoms. The molecule has 0 heterocycles. The Hall–Kier alpha value is -0.400. The van der Waals surface area contributed by atoms with Crippen LogP contribution in [-0.4, -0.2) is 12.6 Å². The summed E-state index contributed by atoms with van der Waals surface area (Å²) >= 11 is 0. The number of rotatable bonds is 5. The predicted octanol–water partition coefficient (Wildman–Crippen LogP) is 3.04. The van der Waals surface area contributed by atoms with E-state index in [0.717, 1.165) is 13.0 Å². The average molecular weight is 142 g/mol. The van der Waals surface area contributed by atoms with Gasteiger partial charge in [0.05, 0.1) is 12.6 Å². The Morgan fingerprint density at radius 2 is 1.90 bits per heavy atom. The van der Waals surface area contributed by atoms with E-state index in [0.29, 0.717) is 6.04 Å². The first-order chi connectivity index (χ1) is 4.85. The SMILES string of the molecule is CCCC(CC)N=NCC. The van der Waals surface area contributed by atoms with Gasteiger partial charge in [-0.15, -0.1) is 0 Å². The van der Waals surface area contributed by atoms with Crippen LogP contribution in [0.25, 0.3) is 0 Å². The maximum absolute atomic E-state index is 4.18. The number of nitrogens with zero attached hydrogens (tertiary/aromatic N) is 2. The monoisotopic (exact) mass is 142 g/mol. The van der Waals surface area contributed by atoms with Gasteiger partial charge >= 0.3 is 0 Å². The Labute approximate surface area is 63.7 Å². The Kier molecular flexibility index (Phi) is 6.45. The Bertz CT molecular complexity index is 89.3. The van der Waals surface area contributed by atoms with E-state index in [1.807, 2.05) is 6.92 Å². The maximum atomic E-state index is 4.18. The van der Waals surface area contributed by atoms with Crippen molar-refractivity contribution >= 4 is 0 Å². The zero-order valence-corrected chi connectivity index (χ0v) is 7.30. The molecule has 0 N–H and O–H groups in total. The Balaban J connectivity index is 3.48. The van der Waals surface area contributed by atoms with E-state index in [1.54, 1.807) is 0 Å². The average Bonchev–Trinajstić information content (AvgIpc) is 1.98. The Morgan fingerprint density at radius 1 is 1.20 bits per heavy atom. The lowest BCUT2D eigenvalue weighted by Crippen LogP contribution is -2.00. The molecule has 0 aromatic carbocycles. The predicted molar refractivity (Wildman–Crippen MR) is 44.4 cm³/mol. The zero-order chi connectivity index (χ0) is 7.82. The molecular formula is C8H18N2. The summed E-state index contributed by atoms with van der Waals surface area (Å²) < 4.78 is 0. The molecule has 0 aromatic heterocycles. The summed E-state index contributed by atoms with van der Waals surface area (Å²) in [5.74, 6) is 0. The van der Waals surface area contributed by atoms with Crippen LogP contribution in [0.4, 0.5) is 0 Å². The van der Waals surface area contributed by atoms with E-state index >= 15 is 0 Å². The molecule has 0 saturated heterocycles. The zero-order valence-electron chi connectivity index (χ0n) is 7.30. The molecule has 1 unspecified atom stereocenters. The summed E-state index contributed by atoms with van der Waals surface area (Å²) in [5, 5.41) is 8.16. The van der Waals surface area contributed by atoms with Crippen LogP contribution in [0.15, 0.2) is 10.2 Å². The fourth-order valence-electron chi connectivity index (χ4n) is 0.874. The first-order valence-electron chi connectivity index (χ1n) is 4.21. The molecule has 0 aliphatic rings. The van der Waals surface area contributed by atoms with Crippen molar-refractivity contribution in [3.8, 4) is 0 Å². The minimum atomic E-state index is 0.477. The standard InChI is InChI=1S/C8H18N2/c1-4-7-8(5-2)10-9-6-3/h8H,4-7H2,1-3H3. The summed E-state index contributed by atoms with van der Waals surface area (Å²) in [5.41, 5.74) is 0. The highest BCUT2D eigenvalue weighted by atomic mass is 15.1. The molecule has 10 heavy (non-hydrogen) atoms. The maximum Gasteiger partial charge on any atom is 0.0705 e. The van der Waals surface area contributed by atoms with Crippen LogP contribution in [0.2, 0.25) is 0 Å². The van der Waals surface area contributed by atoms with Gasteiger partial charge in [-0.05, 0) is 19.8 Å². The topological polar surface area (TPSA) is 24.7 Å². The van der Waals surface area contributed by atoms with Gasteiger partial charge < -0.3 is 0 Å². The number of hydrogen-bond acceptors (Lipinski definition) is 2. The van der Waals surface area contributed by atoms with Crippen LogP contribution >= 0.6 is 0 Å². The van der Waals surface area contributed by atoms with E-state index in [1.165, 1.54) is 12.8 Å². The number of azo groups is 1. The largest absolute Gasteiger partial charge is 0.194 e. The normalized spacial score (nSPS) is 14.3. The van der Waals surface area contributed by atoms with Gasteiger partial charge in [0.1, 0.15) is 0 Å². The third-order valence-electron chi connectivity index (χ3n) is 1.48. The van der Waals surface area contributed by atoms with Gasteiger partial charge in [-0.2, -0.15) is 10.2 Å². The van der Waals surface area contributed by atoms with Crippen molar-refractivity contribution in [1.29, 1.82) is 0 Å². The van der Waals surface area contributed by atoms with Gasteiger partial charge in [-0.1, -0.05) is 20.3 Å². The van der Waals surface area contributed by atoms with Crippen molar-refractivity contribution in [2.75, 3.05) is 6.54 Å². The van der Waals surface area contributed by atoms with E-state index < -0.39 is 0 Å². The molecule has 0 spiro atoms. The molecule has 60 valence electrons. The van der Waals surface area contributed by atoms with Crippen molar-refractivity contribution in [2.24, 2.45) is 10.2 Å². The van der Waals surface area contributed by atoms with E-state index in [4.69, 9.17) is 0 Å². The van der Waals surface area contributed by atoms with Gasteiger partial charge in [0.2, 0.25) is 0 Å². The molecule has 0 aliphatic carbocycles. The van der Waals surface area contributed by atoms with Crippen molar-refractivity contribution in [3.05, 3.63) is 0 Å². The van der Waals surface area contributed by atoms with Crippen LogP contribution in [0, 0.1) is 0 Å². The third kappa shape index (κ3) is 4.48. The molecule has 0 rings (SSSR count). The first-order valence-corrected chi connectivity index (χ1v) is 4.21. The van der Waals surface area contributed by atoms with E-state index in [-0.39, 0.29) is 0 Å². The lowest BCUT2D eigenvalue weighted by molar-refractivity contribution is 0.558. The highest BCUT2D eigenvalue weighted by Gasteiger charge is 1.99. The van der Waals surface area contributed by atoms with Crippen molar-refractivity contribution in [2.45, 2.75) is 46.1 Å². The molecule has 1 atom stereocenters. The molecular weight excluding hydrogens is 124 g/mol. The summed E-state index contributed by atoms with van der Waals surface area (Å²) in [6.45, 7) is 7.18. The van der Waals surface area contributed by atoms with Gasteiger partial charge in [-0.3, -0.25) is 0 Å². The summed E-state index contributed by atoms with van der Waals surface area (Å²) in [6.07, 6.45) is 3.51. The molecule has 0 aliphatic heterocycles.